The molecule has 10 nitrogen and oxygen atoms in total. The fourth-order valence-electron chi connectivity index (χ4n) is 5.64. The Morgan fingerprint density at radius 2 is 1.85 bits per heavy atom. The van der Waals surface area contributed by atoms with Gasteiger partial charge in [-0.2, -0.15) is 4.31 Å². The van der Waals surface area contributed by atoms with Gasteiger partial charge in [-0.05, 0) is 61.9 Å². The SMILES string of the molecule is Cc1ccc(F)c([C@@H](C)[C@@H](c2n[nH]c(=O)o2)N2CN(CCN3CCN(C)CC3)c3cc(Cl)ccc3S2(=O)=O)c1C. The van der Waals surface area contributed by atoms with Crippen LogP contribution in [0.15, 0.2) is 44.4 Å². The topological polar surface area (TPSA) is 106 Å². The van der Waals surface area contributed by atoms with Crippen LogP contribution < -0.4 is 10.7 Å². The Morgan fingerprint density at radius 1 is 1.12 bits per heavy atom. The van der Waals surface area contributed by atoms with Gasteiger partial charge in [-0.25, -0.2) is 22.7 Å². The molecule has 0 unspecified atom stereocenters. The highest BCUT2D eigenvalue weighted by Crippen LogP contribution is 2.44. The number of aromatic amines is 1. The van der Waals surface area contributed by atoms with E-state index in [1.807, 2.05) is 11.8 Å². The normalized spacial score (nSPS) is 19.9. The lowest BCUT2D eigenvalue weighted by atomic mass is 9.87. The van der Waals surface area contributed by atoms with Gasteiger partial charge in [-0.1, -0.05) is 24.6 Å². The number of piperazine rings is 1. The molecule has 1 N–H and O–H groups in total. The van der Waals surface area contributed by atoms with E-state index in [4.69, 9.17) is 16.0 Å². The third-order valence-electron chi connectivity index (χ3n) is 8.12. The van der Waals surface area contributed by atoms with E-state index in [9.17, 15) is 13.2 Å². The van der Waals surface area contributed by atoms with Gasteiger partial charge in [-0.15, -0.1) is 5.10 Å². The largest absolute Gasteiger partial charge is 0.434 e. The summed E-state index contributed by atoms with van der Waals surface area (Å²) in [6, 6.07) is 6.64. The average Bonchev–Trinajstić information content (AvgIpc) is 3.33. The predicted molar refractivity (Wildman–Crippen MR) is 151 cm³/mol. The van der Waals surface area contributed by atoms with E-state index in [0.29, 0.717) is 28.4 Å². The van der Waals surface area contributed by atoms with Gasteiger partial charge in [0.2, 0.25) is 15.9 Å². The van der Waals surface area contributed by atoms with Crippen LogP contribution in [-0.4, -0.2) is 85.7 Å². The van der Waals surface area contributed by atoms with Gasteiger partial charge in [0, 0.05) is 50.2 Å². The zero-order chi connectivity index (χ0) is 28.8. The molecule has 2 atom stereocenters. The lowest BCUT2D eigenvalue weighted by molar-refractivity contribution is 0.155. The molecule has 216 valence electrons. The molecule has 5 rings (SSSR count). The smallest absolute Gasteiger partial charge is 0.391 e. The number of hydrogen-bond donors (Lipinski definition) is 1. The molecule has 2 aliphatic heterocycles. The average molecular weight is 593 g/mol. The lowest BCUT2D eigenvalue weighted by Crippen LogP contribution is -2.52. The molecular weight excluding hydrogens is 559 g/mol. The van der Waals surface area contributed by atoms with Gasteiger partial charge < -0.3 is 14.2 Å². The van der Waals surface area contributed by atoms with Crippen LogP contribution in [0.25, 0.3) is 0 Å². The second-order valence-electron chi connectivity index (χ2n) is 10.6. The first-order valence-electron chi connectivity index (χ1n) is 13.3. The minimum absolute atomic E-state index is 0.0541. The summed E-state index contributed by atoms with van der Waals surface area (Å²) in [5.41, 5.74) is 2.41. The van der Waals surface area contributed by atoms with Crippen LogP contribution in [0.4, 0.5) is 10.1 Å². The van der Waals surface area contributed by atoms with Crippen molar-refractivity contribution in [3.8, 4) is 0 Å². The number of aromatic nitrogens is 2. The first kappa shape index (κ1) is 28.7. The summed E-state index contributed by atoms with van der Waals surface area (Å²) in [4.78, 5) is 18.7. The number of fused-ring (bicyclic) bond motifs is 1. The maximum Gasteiger partial charge on any atom is 0.434 e. The summed E-state index contributed by atoms with van der Waals surface area (Å²) in [5.74, 6) is -2.15. The monoisotopic (exact) mass is 592 g/mol. The number of aryl methyl sites for hydroxylation is 1. The number of nitrogens with one attached hydrogen (secondary N) is 1. The molecule has 0 bridgehead atoms. The second-order valence-corrected chi connectivity index (χ2v) is 12.9. The molecule has 2 aliphatic rings. The number of nitrogens with zero attached hydrogens (tertiary/aromatic N) is 5. The quantitative estimate of drug-likeness (QED) is 0.445. The molecule has 13 heteroatoms. The van der Waals surface area contributed by atoms with Crippen molar-refractivity contribution in [2.75, 3.05) is 57.9 Å². The fourth-order valence-corrected chi connectivity index (χ4v) is 7.61. The highest BCUT2D eigenvalue weighted by atomic mass is 35.5. The van der Waals surface area contributed by atoms with E-state index < -0.39 is 33.6 Å². The van der Waals surface area contributed by atoms with Crippen molar-refractivity contribution >= 4 is 27.3 Å². The van der Waals surface area contributed by atoms with Crippen LogP contribution in [0.2, 0.25) is 5.02 Å². The van der Waals surface area contributed by atoms with Crippen molar-refractivity contribution in [1.82, 2.24) is 24.3 Å². The summed E-state index contributed by atoms with van der Waals surface area (Å²) in [6.07, 6.45) is 0. The molecule has 3 aromatic rings. The molecule has 3 heterocycles. The highest BCUT2D eigenvalue weighted by Gasteiger charge is 2.45. The van der Waals surface area contributed by atoms with E-state index in [1.165, 1.54) is 22.5 Å². The van der Waals surface area contributed by atoms with Gasteiger partial charge in [0.1, 0.15) is 16.8 Å². The van der Waals surface area contributed by atoms with Crippen molar-refractivity contribution in [3.63, 3.8) is 0 Å². The minimum atomic E-state index is -4.14. The van der Waals surface area contributed by atoms with E-state index in [1.54, 1.807) is 26.0 Å². The zero-order valence-corrected chi connectivity index (χ0v) is 24.6. The number of benzene rings is 2. The van der Waals surface area contributed by atoms with Crippen molar-refractivity contribution in [2.24, 2.45) is 0 Å². The molecule has 0 saturated carbocycles. The molecule has 2 aromatic carbocycles. The highest BCUT2D eigenvalue weighted by molar-refractivity contribution is 7.89. The minimum Gasteiger partial charge on any atom is -0.391 e. The van der Waals surface area contributed by atoms with Crippen LogP contribution in [0.3, 0.4) is 0 Å². The summed E-state index contributed by atoms with van der Waals surface area (Å²) >= 11 is 6.32. The summed E-state index contributed by atoms with van der Waals surface area (Å²) in [5, 5.41) is 6.69. The van der Waals surface area contributed by atoms with Crippen LogP contribution in [0.1, 0.15) is 41.5 Å². The number of rotatable bonds is 7. The van der Waals surface area contributed by atoms with Gasteiger partial charge in [0.05, 0.1) is 12.4 Å². The van der Waals surface area contributed by atoms with Gasteiger partial charge in [0.25, 0.3) is 0 Å². The Balaban J connectivity index is 1.58. The number of sulfonamides is 1. The van der Waals surface area contributed by atoms with Crippen LogP contribution >= 0.6 is 11.6 Å². The molecule has 0 amide bonds. The summed E-state index contributed by atoms with van der Waals surface area (Å²) in [6.45, 7) is 10.3. The number of H-pyrrole nitrogens is 1. The third-order valence-corrected chi connectivity index (χ3v) is 10.2. The van der Waals surface area contributed by atoms with Crippen LogP contribution in [0.5, 0.6) is 0 Å². The Morgan fingerprint density at radius 3 is 2.52 bits per heavy atom. The standard InChI is InChI=1S/C27H34ClFN6O4S/c1-17-5-7-21(29)24(18(17)2)19(3)25(26-30-31-27(36)39-26)35-16-34(14-13-33-11-9-32(4)10-12-33)22-15-20(28)6-8-23(22)40(35,37)38/h5-8,15,19,25H,9-14,16H2,1-4H3,(H,31,36)/t19-,25+/m1/s1. The molecule has 40 heavy (non-hydrogen) atoms. The number of likely N-dealkylation sites (N-methyl/N-ethyl adjacent to an activating group) is 1. The van der Waals surface area contributed by atoms with Gasteiger partial charge >= 0.3 is 5.76 Å². The van der Waals surface area contributed by atoms with Gasteiger partial charge in [-0.3, -0.25) is 4.90 Å². The maximum atomic E-state index is 15.3. The summed E-state index contributed by atoms with van der Waals surface area (Å²) in [7, 11) is -2.04. The molecule has 1 fully saturated rings. The molecule has 0 aliphatic carbocycles. The Kier molecular flexibility index (Phi) is 8.08. The predicted octanol–water partition coefficient (Wildman–Crippen LogP) is 3.33. The second kappa shape index (κ2) is 11.2. The van der Waals surface area contributed by atoms with E-state index in [-0.39, 0.29) is 17.5 Å². The summed E-state index contributed by atoms with van der Waals surface area (Å²) < 4.78 is 50.3. The number of halogens is 2. The van der Waals surface area contributed by atoms with Crippen LogP contribution in [0, 0.1) is 19.7 Å². The Labute approximate surface area is 238 Å². The van der Waals surface area contributed by atoms with Crippen molar-refractivity contribution in [3.05, 3.63) is 74.3 Å². The lowest BCUT2D eigenvalue weighted by Gasteiger charge is -2.43. The Hall–Kier alpha value is -2.77. The first-order chi connectivity index (χ1) is 19.0. The van der Waals surface area contributed by atoms with Crippen molar-refractivity contribution < 1.29 is 17.2 Å². The maximum absolute atomic E-state index is 15.3. The fraction of sp³-hybridized carbons (Fsp3) is 0.481. The zero-order valence-electron chi connectivity index (χ0n) is 23.0. The molecule has 1 aromatic heterocycles. The molecule has 0 spiro atoms. The molecule has 1 saturated heterocycles. The number of hydrogen-bond acceptors (Lipinski definition) is 8. The van der Waals surface area contributed by atoms with E-state index in [2.05, 4.69) is 27.0 Å². The Bertz CT molecular complexity index is 1550. The van der Waals surface area contributed by atoms with Crippen LogP contribution in [-0.2, 0) is 10.0 Å². The van der Waals surface area contributed by atoms with E-state index >= 15 is 4.39 Å². The molecule has 0 radical (unpaired) electrons. The van der Waals surface area contributed by atoms with E-state index in [0.717, 1.165) is 38.3 Å². The third kappa shape index (κ3) is 5.42. The van der Waals surface area contributed by atoms with Crippen molar-refractivity contribution in [2.45, 2.75) is 37.6 Å². The number of anilines is 1. The van der Waals surface area contributed by atoms with Crippen molar-refractivity contribution in [1.29, 1.82) is 0 Å². The molecular formula is C27H34ClFN6O4S. The van der Waals surface area contributed by atoms with Gasteiger partial charge in [0.15, 0.2) is 0 Å². The first-order valence-corrected chi connectivity index (χ1v) is 15.1.